The van der Waals surface area contributed by atoms with Crippen molar-refractivity contribution in [1.29, 1.82) is 0 Å². The number of para-hydroxylation sites is 1. The lowest BCUT2D eigenvalue weighted by molar-refractivity contribution is -0.119. The number of hydrogen-bond donors (Lipinski definition) is 1. The van der Waals surface area contributed by atoms with Crippen LogP contribution in [0.2, 0.25) is 0 Å². The van der Waals surface area contributed by atoms with Crippen LogP contribution in [0.3, 0.4) is 0 Å². The quantitative estimate of drug-likeness (QED) is 0.631. The molecule has 1 aromatic heterocycles. The summed E-state index contributed by atoms with van der Waals surface area (Å²) in [7, 11) is -3.58. The van der Waals surface area contributed by atoms with Crippen LogP contribution in [0.4, 0.5) is 5.69 Å². The fourth-order valence-electron chi connectivity index (χ4n) is 1.79. The number of pyridine rings is 1. The van der Waals surface area contributed by atoms with Crippen LogP contribution in [-0.2, 0) is 14.8 Å². The van der Waals surface area contributed by atoms with E-state index in [2.05, 4.69) is 15.5 Å². The minimum Gasteiger partial charge on any atom is -0.271 e. The molecule has 0 radical (unpaired) electrons. The number of carbonyl (C=O) groups excluding carboxylic acids is 1. The number of anilines is 1. The molecule has 0 spiro atoms. The molecule has 8 heteroatoms. The van der Waals surface area contributed by atoms with Gasteiger partial charge >= 0.3 is 0 Å². The smallest absolute Gasteiger partial charge is 0.260 e. The molecule has 7 nitrogen and oxygen atoms in total. The molecule has 120 valence electrons. The van der Waals surface area contributed by atoms with Gasteiger partial charge in [-0.25, -0.2) is 13.8 Å². The molecule has 1 N–H and O–H groups in total. The van der Waals surface area contributed by atoms with Gasteiger partial charge in [0.15, 0.2) is 0 Å². The second kappa shape index (κ2) is 7.50. The Hall–Kier alpha value is -2.74. The Bertz CT molecular complexity index is 777. The molecular formula is C15H16N4O3S. The maximum atomic E-state index is 11.9. The number of amides is 1. The first-order valence-corrected chi connectivity index (χ1v) is 8.56. The SMILES string of the molecule is CS(=O)(=O)N(CC(=O)N/N=C\c1cccnc1)c1ccccc1. The van der Waals surface area contributed by atoms with E-state index < -0.39 is 15.9 Å². The van der Waals surface area contributed by atoms with Gasteiger partial charge in [0.1, 0.15) is 6.54 Å². The summed E-state index contributed by atoms with van der Waals surface area (Å²) < 4.78 is 24.7. The van der Waals surface area contributed by atoms with Crippen molar-refractivity contribution in [3.05, 3.63) is 60.4 Å². The molecule has 0 aliphatic rings. The van der Waals surface area contributed by atoms with Crippen molar-refractivity contribution in [2.24, 2.45) is 5.10 Å². The summed E-state index contributed by atoms with van der Waals surface area (Å²) in [5.41, 5.74) is 3.44. The average Bonchev–Trinajstić information content (AvgIpc) is 2.53. The summed E-state index contributed by atoms with van der Waals surface area (Å²) in [6, 6.07) is 11.9. The molecule has 0 saturated heterocycles. The minimum atomic E-state index is -3.58. The van der Waals surface area contributed by atoms with Gasteiger partial charge in [-0.2, -0.15) is 5.10 Å². The number of rotatable bonds is 6. The van der Waals surface area contributed by atoms with Crippen LogP contribution in [0, 0.1) is 0 Å². The third kappa shape index (κ3) is 5.19. The number of nitrogens with zero attached hydrogens (tertiary/aromatic N) is 3. The van der Waals surface area contributed by atoms with Crippen LogP contribution in [0.15, 0.2) is 60.0 Å². The van der Waals surface area contributed by atoms with Gasteiger partial charge in [0.2, 0.25) is 10.0 Å². The highest BCUT2D eigenvalue weighted by molar-refractivity contribution is 7.92. The van der Waals surface area contributed by atoms with E-state index >= 15 is 0 Å². The number of hydrogen-bond acceptors (Lipinski definition) is 5. The van der Waals surface area contributed by atoms with Gasteiger partial charge < -0.3 is 0 Å². The van der Waals surface area contributed by atoms with Gasteiger partial charge in [0, 0.05) is 18.0 Å². The van der Waals surface area contributed by atoms with Crippen molar-refractivity contribution in [3.8, 4) is 0 Å². The van der Waals surface area contributed by atoms with Crippen LogP contribution >= 0.6 is 0 Å². The lowest BCUT2D eigenvalue weighted by Gasteiger charge is -2.21. The monoisotopic (exact) mass is 332 g/mol. The molecule has 1 amide bonds. The van der Waals surface area contributed by atoms with E-state index in [1.165, 1.54) is 6.21 Å². The first-order valence-electron chi connectivity index (χ1n) is 6.71. The maximum Gasteiger partial charge on any atom is 0.260 e. The van der Waals surface area contributed by atoms with E-state index in [0.29, 0.717) is 5.69 Å². The Morgan fingerprint density at radius 1 is 1.26 bits per heavy atom. The molecule has 1 heterocycles. The zero-order chi connectivity index (χ0) is 16.7. The summed E-state index contributed by atoms with van der Waals surface area (Å²) in [6.45, 7) is -0.354. The van der Waals surface area contributed by atoms with Crippen molar-refractivity contribution in [1.82, 2.24) is 10.4 Å². The molecule has 0 bridgehead atoms. The molecule has 1 aromatic carbocycles. The molecular weight excluding hydrogens is 316 g/mol. The lowest BCUT2D eigenvalue weighted by Crippen LogP contribution is -2.38. The molecule has 23 heavy (non-hydrogen) atoms. The summed E-state index contributed by atoms with van der Waals surface area (Å²) in [5, 5.41) is 3.78. The Balaban J connectivity index is 2.03. The highest BCUT2D eigenvalue weighted by atomic mass is 32.2. The Labute approximate surface area is 134 Å². The zero-order valence-electron chi connectivity index (χ0n) is 12.5. The van der Waals surface area contributed by atoms with Crippen LogP contribution in [0.1, 0.15) is 5.56 Å². The predicted octanol–water partition coefficient (Wildman–Crippen LogP) is 0.998. The number of carbonyl (C=O) groups is 1. The fraction of sp³-hybridized carbons (Fsp3) is 0.133. The second-order valence-electron chi connectivity index (χ2n) is 4.68. The van der Waals surface area contributed by atoms with E-state index in [1.54, 1.807) is 54.9 Å². The van der Waals surface area contributed by atoms with Gasteiger partial charge in [0.25, 0.3) is 5.91 Å². The summed E-state index contributed by atoms with van der Waals surface area (Å²) in [4.78, 5) is 15.8. The normalized spacial score (nSPS) is 11.3. The van der Waals surface area contributed by atoms with Crippen LogP contribution in [0.5, 0.6) is 0 Å². The molecule has 0 unspecified atom stereocenters. The first kappa shape index (κ1) is 16.6. The highest BCUT2D eigenvalue weighted by Crippen LogP contribution is 2.15. The van der Waals surface area contributed by atoms with E-state index in [-0.39, 0.29) is 6.54 Å². The number of benzene rings is 1. The van der Waals surface area contributed by atoms with Gasteiger partial charge in [0.05, 0.1) is 18.2 Å². The molecule has 0 atom stereocenters. The van der Waals surface area contributed by atoms with Crippen LogP contribution < -0.4 is 9.73 Å². The van der Waals surface area contributed by atoms with Crippen molar-refractivity contribution < 1.29 is 13.2 Å². The first-order chi connectivity index (χ1) is 11.0. The van der Waals surface area contributed by atoms with Crippen molar-refractivity contribution in [2.45, 2.75) is 0 Å². The van der Waals surface area contributed by atoms with Crippen molar-refractivity contribution >= 4 is 27.8 Å². The summed E-state index contributed by atoms with van der Waals surface area (Å²) in [6.07, 6.45) is 5.69. The Morgan fingerprint density at radius 3 is 2.61 bits per heavy atom. The topological polar surface area (TPSA) is 91.7 Å². The van der Waals surface area contributed by atoms with E-state index in [4.69, 9.17) is 0 Å². The summed E-state index contributed by atoms with van der Waals surface area (Å²) in [5.74, 6) is -0.542. The molecule has 0 aliphatic carbocycles. The molecule has 2 rings (SSSR count). The minimum absolute atomic E-state index is 0.354. The number of nitrogens with one attached hydrogen (secondary N) is 1. The number of aromatic nitrogens is 1. The number of hydrazone groups is 1. The predicted molar refractivity (Wildman–Crippen MR) is 88.6 cm³/mol. The second-order valence-corrected chi connectivity index (χ2v) is 6.59. The molecule has 0 fully saturated rings. The largest absolute Gasteiger partial charge is 0.271 e. The van der Waals surface area contributed by atoms with E-state index in [1.807, 2.05) is 0 Å². The van der Waals surface area contributed by atoms with Gasteiger partial charge in [-0.05, 0) is 18.2 Å². The average molecular weight is 332 g/mol. The van der Waals surface area contributed by atoms with Crippen LogP contribution in [0.25, 0.3) is 0 Å². The third-order valence-electron chi connectivity index (χ3n) is 2.82. The van der Waals surface area contributed by atoms with Crippen LogP contribution in [-0.4, -0.2) is 38.3 Å². The molecule has 2 aromatic rings. The standard InChI is InChI=1S/C15H16N4O3S/c1-23(21,22)19(14-7-3-2-4-8-14)12-15(20)18-17-11-13-6-5-9-16-10-13/h2-11H,12H2,1H3,(H,18,20)/b17-11-. The van der Waals surface area contributed by atoms with Gasteiger partial charge in [-0.1, -0.05) is 24.3 Å². The summed E-state index contributed by atoms with van der Waals surface area (Å²) >= 11 is 0. The van der Waals surface area contributed by atoms with Gasteiger partial charge in [-0.3, -0.25) is 14.1 Å². The van der Waals surface area contributed by atoms with Gasteiger partial charge in [-0.15, -0.1) is 0 Å². The zero-order valence-corrected chi connectivity index (χ0v) is 13.3. The van der Waals surface area contributed by atoms with Crippen molar-refractivity contribution in [2.75, 3.05) is 17.1 Å². The van der Waals surface area contributed by atoms with Crippen molar-refractivity contribution in [3.63, 3.8) is 0 Å². The van der Waals surface area contributed by atoms with E-state index in [0.717, 1.165) is 16.1 Å². The lowest BCUT2D eigenvalue weighted by atomic mass is 10.3. The fourth-order valence-corrected chi connectivity index (χ4v) is 2.65. The molecule has 0 saturated carbocycles. The van der Waals surface area contributed by atoms with E-state index in [9.17, 15) is 13.2 Å². The Kier molecular flexibility index (Phi) is 5.42. The number of sulfonamides is 1. The highest BCUT2D eigenvalue weighted by Gasteiger charge is 2.20. The molecule has 0 aliphatic heterocycles. The Morgan fingerprint density at radius 2 is 2.00 bits per heavy atom. The maximum absolute atomic E-state index is 11.9. The third-order valence-corrected chi connectivity index (χ3v) is 3.96.